The van der Waals surface area contributed by atoms with Crippen LogP contribution in [0.2, 0.25) is 0 Å². The zero-order chi connectivity index (χ0) is 16.7. The molecule has 0 bridgehead atoms. The first-order valence-electron chi connectivity index (χ1n) is 7.43. The fraction of sp³-hybridized carbons (Fsp3) is 0.222. The number of phenols is 1. The highest BCUT2D eigenvalue weighted by molar-refractivity contribution is 6.01. The molecule has 2 aromatic carbocycles. The molecule has 0 fully saturated rings. The summed E-state index contributed by atoms with van der Waals surface area (Å²) in [5.41, 5.74) is 4.72. The van der Waals surface area contributed by atoms with E-state index in [0.29, 0.717) is 17.0 Å². The number of carbonyl (C=O) groups excluding carboxylic acids is 1. The Morgan fingerprint density at radius 1 is 1.17 bits per heavy atom. The summed E-state index contributed by atoms with van der Waals surface area (Å²) in [5.74, 6) is 0.397. The van der Waals surface area contributed by atoms with Gasteiger partial charge in [-0.15, -0.1) is 0 Å². The van der Waals surface area contributed by atoms with Gasteiger partial charge in [0.25, 0.3) is 5.91 Å². The zero-order valence-corrected chi connectivity index (χ0v) is 13.2. The summed E-state index contributed by atoms with van der Waals surface area (Å²) in [7, 11) is 0. The Bertz CT molecular complexity index is 694. The van der Waals surface area contributed by atoms with Crippen molar-refractivity contribution in [1.82, 2.24) is 5.43 Å². The smallest absolute Gasteiger partial charge is 0.277 e. The molecule has 0 spiro atoms. The van der Waals surface area contributed by atoms with Crippen molar-refractivity contribution in [2.75, 3.05) is 6.61 Å². The minimum atomic E-state index is -0.362. The van der Waals surface area contributed by atoms with Crippen molar-refractivity contribution in [2.45, 2.75) is 20.3 Å². The van der Waals surface area contributed by atoms with Gasteiger partial charge in [-0.25, -0.2) is 5.43 Å². The number of amides is 1. The summed E-state index contributed by atoms with van der Waals surface area (Å²) < 4.78 is 5.40. The number of ether oxygens (including phenoxy) is 1. The minimum absolute atomic E-state index is 0.121. The number of nitrogens with zero attached hydrogens (tertiary/aromatic N) is 1. The molecule has 0 aliphatic carbocycles. The lowest BCUT2D eigenvalue weighted by atomic mass is 10.1. The Labute approximate surface area is 135 Å². The van der Waals surface area contributed by atoms with Crippen LogP contribution in [0.25, 0.3) is 0 Å². The minimum Gasteiger partial charge on any atom is -0.507 e. The fourth-order valence-electron chi connectivity index (χ4n) is 1.99. The van der Waals surface area contributed by atoms with Crippen molar-refractivity contribution < 1.29 is 14.6 Å². The summed E-state index contributed by atoms with van der Waals surface area (Å²) in [6, 6.07) is 14.4. The average molecular weight is 312 g/mol. The Morgan fingerprint density at radius 3 is 2.52 bits per heavy atom. The summed E-state index contributed by atoms with van der Waals surface area (Å²) in [6.45, 7) is 3.66. The number of hydrogen-bond donors (Lipinski definition) is 2. The molecule has 0 saturated heterocycles. The molecule has 0 aliphatic heterocycles. The van der Waals surface area contributed by atoms with Crippen LogP contribution in [0.5, 0.6) is 11.5 Å². The third-order valence-corrected chi connectivity index (χ3v) is 3.34. The van der Waals surface area contributed by atoms with E-state index in [1.807, 2.05) is 24.3 Å². The van der Waals surface area contributed by atoms with Crippen LogP contribution in [-0.2, 0) is 11.2 Å². The topological polar surface area (TPSA) is 70.9 Å². The van der Waals surface area contributed by atoms with Gasteiger partial charge in [0, 0.05) is 5.56 Å². The molecule has 5 nitrogen and oxygen atoms in total. The van der Waals surface area contributed by atoms with E-state index in [9.17, 15) is 9.90 Å². The molecule has 0 heterocycles. The van der Waals surface area contributed by atoms with Gasteiger partial charge in [0.15, 0.2) is 6.61 Å². The second-order valence-electron chi connectivity index (χ2n) is 5.04. The molecule has 0 aliphatic rings. The monoisotopic (exact) mass is 312 g/mol. The number of phenolic OH excluding ortho intramolecular Hbond substituents is 1. The number of aryl methyl sites for hydroxylation is 1. The molecule has 1 amide bonds. The van der Waals surface area contributed by atoms with Crippen molar-refractivity contribution >= 4 is 11.6 Å². The molecule has 0 aromatic heterocycles. The second kappa shape index (κ2) is 7.98. The van der Waals surface area contributed by atoms with Crippen LogP contribution in [0.3, 0.4) is 0 Å². The Morgan fingerprint density at radius 2 is 1.87 bits per heavy atom. The highest BCUT2D eigenvalue weighted by atomic mass is 16.5. The van der Waals surface area contributed by atoms with Crippen LogP contribution in [0, 0.1) is 0 Å². The highest BCUT2D eigenvalue weighted by Crippen LogP contribution is 2.16. The standard InChI is InChI=1S/C18H20N2O3/c1-3-14-8-10-15(11-9-14)23-12-18(22)20-19-13(2)16-6-4-5-7-17(16)21/h4-11,21H,3,12H2,1-2H3,(H,20,22)/b19-13+. The van der Waals surface area contributed by atoms with Gasteiger partial charge < -0.3 is 9.84 Å². The van der Waals surface area contributed by atoms with Gasteiger partial charge in [-0.3, -0.25) is 4.79 Å². The lowest BCUT2D eigenvalue weighted by Gasteiger charge is -2.07. The first-order chi connectivity index (χ1) is 11.1. The summed E-state index contributed by atoms with van der Waals surface area (Å²) in [4.78, 5) is 11.8. The van der Waals surface area contributed by atoms with Crippen molar-refractivity contribution in [2.24, 2.45) is 5.10 Å². The summed E-state index contributed by atoms with van der Waals surface area (Å²) in [6.07, 6.45) is 0.959. The van der Waals surface area contributed by atoms with Crippen LogP contribution in [0.15, 0.2) is 53.6 Å². The van der Waals surface area contributed by atoms with Gasteiger partial charge in [0.1, 0.15) is 11.5 Å². The molecule has 2 N–H and O–H groups in total. The average Bonchev–Trinajstić information content (AvgIpc) is 2.58. The number of hydrazone groups is 1. The molecule has 120 valence electrons. The Balaban J connectivity index is 1.87. The predicted octanol–water partition coefficient (Wildman–Crippen LogP) is 2.87. The van der Waals surface area contributed by atoms with E-state index in [1.165, 1.54) is 5.56 Å². The normalized spacial score (nSPS) is 11.1. The van der Waals surface area contributed by atoms with Crippen LogP contribution >= 0.6 is 0 Å². The largest absolute Gasteiger partial charge is 0.507 e. The van der Waals surface area contributed by atoms with Crippen molar-refractivity contribution in [3.05, 3.63) is 59.7 Å². The maximum absolute atomic E-state index is 11.8. The third kappa shape index (κ3) is 4.85. The number of rotatable bonds is 6. The maximum atomic E-state index is 11.8. The lowest BCUT2D eigenvalue weighted by molar-refractivity contribution is -0.123. The molecule has 0 unspecified atom stereocenters. The molecule has 23 heavy (non-hydrogen) atoms. The molecule has 0 radical (unpaired) electrons. The van der Waals surface area contributed by atoms with E-state index in [-0.39, 0.29) is 18.3 Å². The van der Waals surface area contributed by atoms with Crippen LogP contribution < -0.4 is 10.2 Å². The van der Waals surface area contributed by atoms with E-state index < -0.39 is 0 Å². The predicted molar refractivity (Wildman–Crippen MR) is 89.8 cm³/mol. The number of aromatic hydroxyl groups is 1. The molecule has 0 atom stereocenters. The first kappa shape index (κ1) is 16.5. The van der Waals surface area contributed by atoms with E-state index in [2.05, 4.69) is 17.5 Å². The van der Waals surface area contributed by atoms with E-state index in [4.69, 9.17) is 4.74 Å². The fourth-order valence-corrected chi connectivity index (χ4v) is 1.99. The van der Waals surface area contributed by atoms with Crippen LogP contribution in [0.1, 0.15) is 25.0 Å². The Hall–Kier alpha value is -2.82. The molecule has 5 heteroatoms. The van der Waals surface area contributed by atoms with Crippen LogP contribution in [-0.4, -0.2) is 23.3 Å². The molecular weight excluding hydrogens is 292 g/mol. The first-order valence-corrected chi connectivity index (χ1v) is 7.43. The number of hydrogen-bond acceptors (Lipinski definition) is 4. The van der Waals surface area contributed by atoms with Crippen molar-refractivity contribution in [3.8, 4) is 11.5 Å². The molecule has 2 aromatic rings. The SMILES string of the molecule is CCc1ccc(OCC(=O)N/N=C(\C)c2ccccc2O)cc1. The molecular formula is C18H20N2O3. The van der Waals surface area contributed by atoms with Gasteiger partial charge in [-0.05, 0) is 43.2 Å². The van der Waals surface area contributed by atoms with Gasteiger partial charge in [-0.2, -0.15) is 5.10 Å². The molecule has 0 saturated carbocycles. The highest BCUT2D eigenvalue weighted by Gasteiger charge is 2.05. The van der Waals surface area contributed by atoms with Gasteiger partial charge in [-0.1, -0.05) is 31.2 Å². The number of benzene rings is 2. The third-order valence-electron chi connectivity index (χ3n) is 3.34. The second-order valence-corrected chi connectivity index (χ2v) is 5.04. The summed E-state index contributed by atoms with van der Waals surface area (Å²) in [5, 5.41) is 13.7. The quantitative estimate of drug-likeness (QED) is 0.636. The lowest BCUT2D eigenvalue weighted by Crippen LogP contribution is -2.25. The number of para-hydroxylation sites is 1. The van der Waals surface area contributed by atoms with E-state index in [0.717, 1.165) is 6.42 Å². The van der Waals surface area contributed by atoms with Crippen molar-refractivity contribution in [3.63, 3.8) is 0 Å². The Kier molecular flexibility index (Phi) is 5.74. The number of nitrogens with one attached hydrogen (secondary N) is 1. The van der Waals surface area contributed by atoms with Crippen LogP contribution in [0.4, 0.5) is 0 Å². The zero-order valence-electron chi connectivity index (χ0n) is 13.2. The van der Waals surface area contributed by atoms with Gasteiger partial charge in [0.2, 0.25) is 0 Å². The van der Waals surface area contributed by atoms with Crippen molar-refractivity contribution in [1.29, 1.82) is 0 Å². The number of carbonyl (C=O) groups is 1. The maximum Gasteiger partial charge on any atom is 0.277 e. The summed E-state index contributed by atoms with van der Waals surface area (Å²) >= 11 is 0. The molecule has 2 rings (SSSR count). The van der Waals surface area contributed by atoms with E-state index in [1.54, 1.807) is 31.2 Å². The van der Waals surface area contributed by atoms with Gasteiger partial charge in [0.05, 0.1) is 5.71 Å². The van der Waals surface area contributed by atoms with Gasteiger partial charge >= 0.3 is 0 Å². The van der Waals surface area contributed by atoms with E-state index >= 15 is 0 Å².